The number of nitrogens with two attached hydrogens (primary N) is 1. The third kappa shape index (κ3) is 8.08. The van der Waals surface area contributed by atoms with Crippen molar-refractivity contribution in [3.05, 3.63) is 101 Å². The van der Waals surface area contributed by atoms with Crippen LogP contribution < -0.4 is 15.4 Å². The van der Waals surface area contributed by atoms with Crippen LogP contribution in [0.25, 0.3) is 0 Å². The number of rotatable bonds is 12. The predicted molar refractivity (Wildman–Crippen MR) is 145 cm³/mol. The highest BCUT2D eigenvalue weighted by atomic mass is 32.2. The molecule has 0 fully saturated rings. The third-order valence-electron chi connectivity index (χ3n) is 6.14. The van der Waals surface area contributed by atoms with E-state index in [1.54, 1.807) is 31.2 Å². The third-order valence-corrected chi connectivity index (χ3v) is 7.35. The summed E-state index contributed by atoms with van der Waals surface area (Å²) in [5, 5.41) is 2.84. The van der Waals surface area contributed by atoms with Gasteiger partial charge in [0.2, 0.25) is 10.0 Å². The van der Waals surface area contributed by atoms with E-state index in [1.807, 2.05) is 30.3 Å². The smallest absolute Gasteiger partial charge is 0.251 e. The van der Waals surface area contributed by atoms with Crippen LogP contribution in [0.3, 0.4) is 0 Å². The van der Waals surface area contributed by atoms with Gasteiger partial charge in [-0.1, -0.05) is 42.5 Å². The Kier molecular flexibility index (Phi) is 9.59. The van der Waals surface area contributed by atoms with Crippen molar-refractivity contribution in [2.75, 3.05) is 30.9 Å². The first-order chi connectivity index (χ1) is 17.9. The lowest BCUT2D eigenvalue weighted by Crippen LogP contribution is -2.48. The number of alkyl halides is 1. The zero-order valence-corrected chi connectivity index (χ0v) is 22.5. The minimum absolute atomic E-state index is 0.0209. The topological polar surface area (TPSA) is 102 Å². The maximum absolute atomic E-state index is 13.9. The molecule has 2 atom stereocenters. The van der Waals surface area contributed by atoms with Gasteiger partial charge in [-0.25, -0.2) is 17.2 Å². The second kappa shape index (κ2) is 12.5. The molecule has 3 rings (SSSR count). The summed E-state index contributed by atoms with van der Waals surface area (Å²) in [6, 6.07) is 19.2. The molecule has 3 aromatic rings. The summed E-state index contributed by atoms with van der Waals surface area (Å²) in [7, 11) is -2.23. The van der Waals surface area contributed by atoms with E-state index in [4.69, 9.17) is 10.5 Å². The largest absolute Gasteiger partial charge is 0.375 e. The van der Waals surface area contributed by atoms with E-state index < -0.39 is 34.2 Å². The van der Waals surface area contributed by atoms with Gasteiger partial charge in [0.15, 0.2) is 0 Å². The Morgan fingerprint density at radius 3 is 2.34 bits per heavy atom. The number of ether oxygens (including phenoxy) is 1. The average Bonchev–Trinajstić information content (AvgIpc) is 2.88. The van der Waals surface area contributed by atoms with Crippen LogP contribution in [-0.4, -0.2) is 46.4 Å². The molecule has 0 heterocycles. The molecule has 38 heavy (non-hydrogen) atoms. The van der Waals surface area contributed by atoms with Gasteiger partial charge in [-0.3, -0.25) is 9.10 Å². The molecule has 0 aliphatic carbocycles. The maximum Gasteiger partial charge on any atom is 0.251 e. The number of carbonyl (C=O) groups is 1. The number of anilines is 1. The molecule has 1 unspecified atom stereocenters. The lowest BCUT2D eigenvalue weighted by Gasteiger charge is -2.26. The van der Waals surface area contributed by atoms with E-state index in [0.717, 1.165) is 16.1 Å². The summed E-state index contributed by atoms with van der Waals surface area (Å²) in [4.78, 5) is 13.1. The Morgan fingerprint density at radius 2 is 1.74 bits per heavy atom. The van der Waals surface area contributed by atoms with Crippen molar-refractivity contribution in [3.8, 4) is 0 Å². The van der Waals surface area contributed by atoms with Gasteiger partial charge in [0.05, 0.1) is 36.7 Å². The van der Waals surface area contributed by atoms with E-state index in [9.17, 15) is 22.0 Å². The lowest BCUT2D eigenvalue weighted by atomic mass is 9.94. The molecule has 7 nitrogen and oxygen atoms in total. The van der Waals surface area contributed by atoms with Crippen molar-refractivity contribution in [2.24, 2.45) is 5.73 Å². The number of carbonyl (C=O) groups excluding carboxylic acids is 1. The molecular formula is C28H33F2N3O4S. The van der Waals surface area contributed by atoms with Crippen molar-refractivity contribution in [1.82, 2.24) is 5.32 Å². The first kappa shape index (κ1) is 29.2. The Bertz CT molecular complexity index is 1340. The SMILES string of the molecule is C[C@@H](NC(=O)c1cc(COCC(N)(CF)Cc2ccccc2)cc(N(C)S(C)(=O)=O)c1)c1ccc(F)cc1. The summed E-state index contributed by atoms with van der Waals surface area (Å²) >= 11 is 0. The number of sulfonamides is 1. The van der Waals surface area contributed by atoms with Crippen molar-refractivity contribution >= 4 is 21.6 Å². The minimum Gasteiger partial charge on any atom is -0.375 e. The Balaban J connectivity index is 1.79. The van der Waals surface area contributed by atoms with Gasteiger partial charge in [0.25, 0.3) is 5.91 Å². The fraction of sp³-hybridized carbons (Fsp3) is 0.321. The number of amides is 1. The number of hydrogen-bond acceptors (Lipinski definition) is 5. The molecule has 0 aliphatic heterocycles. The molecule has 0 aromatic heterocycles. The van der Waals surface area contributed by atoms with Crippen LogP contribution in [0.1, 0.15) is 40.0 Å². The van der Waals surface area contributed by atoms with Gasteiger partial charge in [0.1, 0.15) is 12.5 Å². The van der Waals surface area contributed by atoms with Gasteiger partial charge in [-0.2, -0.15) is 0 Å². The zero-order chi connectivity index (χ0) is 27.9. The minimum atomic E-state index is -3.61. The van der Waals surface area contributed by atoms with Gasteiger partial charge < -0.3 is 15.8 Å². The normalized spacial score (nSPS) is 13.9. The maximum atomic E-state index is 13.9. The average molecular weight is 546 g/mol. The molecule has 1 amide bonds. The van der Waals surface area contributed by atoms with E-state index in [0.29, 0.717) is 11.1 Å². The summed E-state index contributed by atoms with van der Waals surface area (Å²) in [5.41, 5.74) is 7.58. The van der Waals surface area contributed by atoms with Crippen molar-refractivity contribution in [3.63, 3.8) is 0 Å². The number of nitrogens with one attached hydrogen (secondary N) is 1. The van der Waals surface area contributed by atoms with Crippen LogP contribution in [0.15, 0.2) is 72.8 Å². The quantitative estimate of drug-likeness (QED) is 0.356. The molecule has 3 N–H and O–H groups in total. The molecule has 204 valence electrons. The van der Waals surface area contributed by atoms with Gasteiger partial charge in [-0.15, -0.1) is 0 Å². The summed E-state index contributed by atoms with van der Waals surface area (Å²) in [6.45, 7) is 0.848. The standard InChI is InChI=1S/C28H33F2N3O4S/c1-20(23-9-11-25(30)12-10-23)32-27(34)24-13-22(14-26(15-24)33(2)38(3,35)36)17-37-19-28(31,18-29)16-21-7-5-4-6-8-21/h4-15,20H,16-19,31H2,1-3H3,(H,32,34)/t20-,28?/m1/s1. The van der Waals surface area contributed by atoms with E-state index in [-0.39, 0.29) is 36.7 Å². The Labute approximate surface area is 222 Å². The Morgan fingerprint density at radius 1 is 1.08 bits per heavy atom. The molecule has 0 radical (unpaired) electrons. The van der Waals surface area contributed by atoms with E-state index in [1.165, 1.54) is 25.2 Å². The summed E-state index contributed by atoms with van der Waals surface area (Å²) in [6.07, 6.45) is 1.33. The first-order valence-electron chi connectivity index (χ1n) is 12.0. The highest BCUT2D eigenvalue weighted by molar-refractivity contribution is 7.92. The van der Waals surface area contributed by atoms with Crippen molar-refractivity contribution in [2.45, 2.75) is 31.5 Å². The Hall–Kier alpha value is -3.34. The molecule has 0 spiro atoms. The molecule has 0 saturated carbocycles. The number of nitrogens with zero attached hydrogens (tertiary/aromatic N) is 1. The van der Waals surface area contributed by atoms with Gasteiger partial charge in [-0.05, 0) is 60.4 Å². The van der Waals surface area contributed by atoms with Crippen LogP contribution in [0, 0.1) is 5.82 Å². The van der Waals surface area contributed by atoms with Gasteiger partial charge in [0, 0.05) is 12.6 Å². The first-order valence-corrected chi connectivity index (χ1v) is 13.9. The fourth-order valence-corrected chi connectivity index (χ4v) is 4.38. The van der Waals surface area contributed by atoms with Crippen LogP contribution in [0.2, 0.25) is 0 Å². The highest BCUT2D eigenvalue weighted by Gasteiger charge is 2.26. The number of benzene rings is 3. The molecule has 0 saturated heterocycles. The molecule has 0 bridgehead atoms. The fourth-order valence-electron chi connectivity index (χ4n) is 3.89. The van der Waals surface area contributed by atoms with Crippen molar-refractivity contribution in [1.29, 1.82) is 0 Å². The van der Waals surface area contributed by atoms with Crippen molar-refractivity contribution < 1.29 is 26.7 Å². The van der Waals surface area contributed by atoms with Crippen LogP contribution >= 0.6 is 0 Å². The summed E-state index contributed by atoms with van der Waals surface area (Å²) in [5.74, 6) is -0.834. The molecule has 10 heteroatoms. The molecule has 0 aliphatic rings. The highest BCUT2D eigenvalue weighted by Crippen LogP contribution is 2.23. The zero-order valence-electron chi connectivity index (χ0n) is 21.7. The van der Waals surface area contributed by atoms with E-state index in [2.05, 4.69) is 5.32 Å². The van der Waals surface area contributed by atoms with E-state index >= 15 is 0 Å². The number of hydrogen-bond donors (Lipinski definition) is 2. The summed E-state index contributed by atoms with van der Waals surface area (Å²) < 4.78 is 58.3. The second-order valence-electron chi connectivity index (χ2n) is 9.52. The van der Waals surface area contributed by atoms with Crippen LogP contribution in [-0.2, 0) is 27.8 Å². The monoisotopic (exact) mass is 545 g/mol. The van der Waals surface area contributed by atoms with Crippen LogP contribution in [0.5, 0.6) is 0 Å². The van der Waals surface area contributed by atoms with Gasteiger partial charge >= 0.3 is 0 Å². The predicted octanol–water partition coefficient (Wildman–Crippen LogP) is 4.14. The molecular weight excluding hydrogens is 512 g/mol. The molecule has 3 aromatic carbocycles. The lowest BCUT2D eigenvalue weighted by molar-refractivity contribution is 0.0621. The number of halogens is 2. The van der Waals surface area contributed by atoms with Crippen LogP contribution in [0.4, 0.5) is 14.5 Å². The second-order valence-corrected chi connectivity index (χ2v) is 11.5.